The lowest BCUT2D eigenvalue weighted by Crippen LogP contribution is -2.00. The topological polar surface area (TPSA) is 43.6 Å². The van der Waals surface area contributed by atoms with Gasteiger partial charge in [-0.2, -0.15) is 0 Å². The minimum atomic E-state index is 0.392. The highest BCUT2D eigenvalue weighted by Crippen LogP contribution is 2.25. The molecular weight excluding hydrogens is 267 g/mol. The van der Waals surface area contributed by atoms with Crippen molar-refractivity contribution >= 4 is 27.5 Å². The van der Waals surface area contributed by atoms with Gasteiger partial charge in [0.05, 0.1) is 4.47 Å². The van der Waals surface area contributed by atoms with Gasteiger partial charge in [0.2, 0.25) is 0 Å². The number of imidazole rings is 1. The quantitative estimate of drug-likeness (QED) is 0.749. The van der Waals surface area contributed by atoms with Crippen LogP contribution >= 0.6 is 27.5 Å². The number of nitrogens with zero attached hydrogens (tertiary/aromatic N) is 4. The first-order chi connectivity index (χ1) is 6.70. The molecular formula is C8H6BrClN4. The van der Waals surface area contributed by atoms with E-state index in [2.05, 4.69) is 30.9 Å². The molecule has 72 valence electrons. The van der Waals surface area contributed by atoms with E-state index in [4.69, 9.17) is 11.6 Å². The van der Waals surface area contributed by atoms with Crippen LogP contribution in [0.25, 0.3) is 5.82 Å². The van der Waals surface area contributed by atoms with E-state index in [0.717, 1.165) is 5.82 Å². The Morgan fingerprint density at radius 2 is 2.14 bits per heavy atom. The third-order valence-electron chi connectivity index (χ3n) is 1.78. The summed E-state index contributed by atoms with van der Waals surface area (Å²) < 4.78 is 2.50. The van der Waals surface area contributed by atoms with Gasteiger partial charge in [-0.3, -0.25) is 4.57 Å². The third-order valence-corrected chi connectivity index (χ3v) is 3.03. The predicted octanol–water partition coefficient (Wildman–Crippen LogP) is 2.39. The molecule has 0 spiro atoms. The molecule has 6 heteroatoms. The van der Waals surface area contributed by atoms with Crippen LogP contribution in [-0.2, 0) is 0 Å². The maximum absolute atomic E-state index is 5.85. The molecule has 0 bridgehead atoms. The van der Waals surface area contributed by atoms with Crippen molar-refractivity contribution in [3.8, 4) is 5.82 Å². The molecule has 14 heavy (non-hydrogen) atoms. The van der Waals surface area contributed by atoms with Gasteiger partial charge in [-0.15, -0.1) is 0 Å². The van der Waals surface area contributed by atoms with Gasteiger partial charge in [0, 0.05) is 12.4 Å². The summed E-state index contributed by atoms with van der Waals surface area (Å²) in [4.78, 5) is 12.1. The highest BCUT2D eigenvalue weighted by atomic mass is 79.9. The molecule has 0 aromatic carbocycles. The van der Waals surface area contributed by atoms with E-state index in [-0.39, 0.29) is 0 Å². The molecule has 0 amide bonds. The molecule has 0 saturated heterocycles. The molecule has 0 radical (unpaired) electrons. The van der Waals surface area contributed by atoms with Gasteiger partial charge < -0.3 is 0 Å². The van der Waals surface area contributed by atoms with Crippen molar-refractivity contribution in [2.75, 3.05) is 0 Å². The van der Waals surface area contributed by atoms with Crippen molar-refractivity contribution < 1.29 is 0 Å². The summed E-state index contributed by atoms with van der Waals surface area (Å²) in [5, 5.41) is 0.392. The number of halogens is 2. The van der Waals surface area contributed by atoms with Gasteiger partial charge in [-0.1, -0.05) is 11.6 Å². The molecule has 0 aliphatic carbocycles. The van der Waals surface area contributed by atoms with Crippen molar-refractivity contribution in [3.05, 3.63) is 34.2 Å². The molecule has 0 aliphatic rings. The number of hydrogen-bond acceptors (Lipinski definition) is 3. The molecule has 2 aromatic rings. The Balaban J connectivity index is 2.63. The Morgan fingerprint density at radius 3 is 2.79 bits per heavy atom. The lowest BCUT2D eigenvalue weighted by Gasteiger charge is -2.05. The van der Waals surface area contributed by atoms with Gasteiger partial charge in [-0.25, -0.2) is 15.0 Å². The monoisotopic (exact) mass is 272 g/mol. The molecule has 0 fully saturated rings. The molecule has 0 unspecified atom stereocenters. The summed E-state index contributed by atoms with van der Waals surface area (Å²) in [5.74, 6) is 1.54. The minimum absolute atomic E-state index is 0.392. The number of aromatic nitrogens is 4. The van der Waals surface area contributed by atoms with Gasteiger partial charge in [0.15, 0.2) is 5.82 Å². The van der Waals surface area contributed by atoms with Gasteiger partial charge in [-0.05, 0) is 22.9 Å². The summed E-state index contributed by atoms with van der Waals surface area (Å²) in [7, 11) is 0. The van der Waals surface area contributed by atoms with Crippen LogP contribution < -0.4 is 0 Å². The van der Waals surface area contributed by atoms with Gasteiger partial charge >= 0.3 is 0 Å². The fourth-order valence-corrected chi connectivity index (χ4v) is 1.63. The average Bonchev–Trinajstić information content (AvgIpc) is 2.57. The highest BCUT2D eigenvalue weighted by Gasteiger charge is 2.09. The lowest BCUT2D eigenvalue weighted by atomic mass is 10.5. The van der Waals surface area contributed by atoms with Gasteiger partial charge in [0.25, 0.3) is 0 Å². The minimum Gasteiger partial charge on any atom is -0.287 e. The van der Waals surface area contributed by atoms with E-state index in [1.165, 1.54) is 6.33 Å². The molecule has 2 aromatic heterocycles. The predicted molar refractivity (Wildman–Crippen MR) is 56.6 cm³/mol. The normalized spacial score (nSPS) is 10.5. The van der Waals surface area contributed by atoms with E-state index >= 15 is 0 Å². The van der Waals surface area contributed by atoms with Crippen LogP contribution in [0.2, 0.25) is 5.15 Å². The van der Waals surface area contributed by atoms with Crippen LogP contribution in [0, 0.1) is 6.92 Å². The zero-order valence-corrected chi connectivity index (χ0v) is 9.62. The van der Waals surface area contributed by atoms with Crippen molar-refractivity contribution in [1.82, 2.24) is 19.5 Å². The molecule has 0 atom stereocenters. The molecule has 2 rings (SSSR count). The first-order valence-electron chi connectivity index (χ1n) is 3.86. The SMILES string of the molecule is Cc1nccn1-c1ncnc(Cl)c1Br. The first kappa shape index (κ1) is 9.61. The Labute approximate surface area is 94.1 Å². The maximum atomic E-state index is 5.85. The van der Waals surface area contributed by atoms with E-state index in [1.807, 2.05) is 17.7 Å². The Morgan fingerprint density at radius 1 is 1.36 bits per heavy atom. The van der Waals surface area contributed by atoms with E-state index < -0.39 is 0 Å². The summed E-state index contributed by atoms with van der Waals surface area (Å²) in [5.41, 5.74) is 0. The third kappa shape index (κ3) is 1.53. The number of hydrogen-bond donors (Lipinski definition) is 0. The van der Waals surface area contributed by atoms with Crippen LogP contribution in [-0.4, -0.2) is 19.5 Å². The molecule has 4 nitrogen and oxygen atoms in total. The summed E-state index contributed by atoms with van der Waals surface area (Å²) in [6.45, 7) is 1.89. The fraction of sp³-hybridized carbons (Fsp3) is 0.125. The summed E-state index contributed by atoms with van der Waals surface area (Å²) >= 11 is 9.18. The zero-order valence-electron chi connectivity index (χ0n) is 7.28. The standard InChI is InChI=1S/C8H6BrClN4/c1-5-11-2-3-14(5)8-6(9)7(10)12-4-13-8/h2-4H,1H3. The van der Waals surface area contributed by atoms with E-state index in [0.29, 0.717) is 15.4 Å². The Hall–Kier alpha value is -0.940. The molecule has 2 heterocycles. The van der Waals surface area contributed by atoms with E-state index in [9.17, 15) is 0 Å². The second-order valence-corrected chi connectivity index (χ2v) is 3.80. The highest BCUT2D eigenvalue weighted by molar-refractivity contribution is 9.10. The molecule has 0 aliphatic heterocycles. The van der Waals surface area contributed by atoms with Crippen molar-refractivity contribution in [1.29, 1.82) is 0 Å². The molecule has 0 N–H and O–H groups in total. The van der Waals surface area contributed by atoms with Crippen LogP contribution in [0.5, 0.6) is 0 Å². The van der Waals surface area contributed by atoms with Gasteiger partial charge in [0.1, 0.15) is 17.3 Å². The average molecular weight is 274 g/mol. The number of aryl methyl sites for hydroxylation is 1. The summed E-state index contributed by atoms with van der Waals surface area (Å²) in [6.07, 6.45) is 4.94. The van der Waals surface area contributed by atoms with Crippen molar-refractivity contribution in [2.45, 2.75) is 6.92 Å². The second kappa shape index (κ2) is 3.67. The Bertz CT molecular complexity index is 468. The van der Waals surface area contributed by atoms with Crippen molar-refractivity contribution in [2.24, 2.45) is 0 Å². The van der Waals surface area contributed by atoms with Crippen LogP contribution in [0.15, 0.2) is 23.2 Å². The van der Waals surface area contributed by atoms with E-state index in [1.54, 1.807) is 6.20 Å². The fourth-order valence-electron chi connectivity index (χ4n) is 1.11. The summed E-state index contributed by atoms with van der Waals surface area (Å²) in [6, 6.07) is 0. The lowest BCUT2D eigenvalue weighted by molar-refractivity contribution is 0.912. The smallest absolute Gasteiger partial charge is 0.157 e. The van der Waals surface area contributed by atoms with Crippen LogP contribution in [0.3, 0.4) is 0 Å². The largest absolute Gasteiger partial charge is 0.287 e. The zero-order chi connectivity index (χ0) is 10.1. The second-order valence-electron chi connectivity index (χ2n) is 2.65. The van der Waals surface area contributed by atoms with Crippen LogP contribution in [0.4, 0.5) is 0 Å². The maximum Gasteiger partial charge on any atom is 0.157 e. The first-order valence-corrected chi connectivity index (χ1v) is 5.03. The Kier molecular flexibility index (Phi) is 2.52. The number of rotatable bonds is 1. The molecule has 0 saturated carbocycles. The van der Waals surface area contributed by atoms with Crippen LogP contribution in [0.1, 0.15) is 5.82 Å². The van der Waals surface area contributed by atoms with Crippen molar-refractivity contribution in [3.63, 3.8) is 0 Å².